The minimum Gasteiger partial charge on any atom is -0.481 e. The van der Waals surface area contributed by atoms with Gasteiger partial charge in [-0.25, -0.2) is 0 Å². The number of hydrogen-bond acceptors (Lipinski definition) is 3. The Labute approximate surface area is 121 Å². The summed E-state index contributed by atoms with van der Waals surface area (Å²) >= 11 is 0. The zero-order chi connectivity index (χ0) is 15.1. The van der Waals surface area contributed by atoms with Crippen LogP contribution < -0.4 is 0 Å². The third kappa shape index (κ3) is 5.93. The van der Waals surface area contributed by atoms with Gasteiger partial charge >= 0.3 is 11.9 Å². The van der Waals surface area contributed by atoms with Crippen LogP contribution in [-0.2, 0) is 14.3 Å². The van der Waals surface area contributed by atoms with E-state index in [1.54, 1.807) is 0 Å². The largest absolute Gasteiger partial charge is 0.481 e. The zero-order valence-electron chi connectivity index (χ0n) is 12.9. The quantitative estimate of drug-likeness (QED) is 0.725. The van der Waals surface area contributed by atoms with Crippen LogP contribution in [0.1, 0.15) is 65.7 Å². The molecule has 1 atom stereocenters. The van der Waals surface area contributed by atoms with Crippen molar-refractivity contribution in [3.05, 3.63) is 0 Å². The van der Waals surface area contributed by atoms with Crippen LogP contribution in [0.5, 0.6) is 0 Å². The van der Waals surface area contributed by atoms with Gasteiger partial charge in [-0.1, -0.05) is 20.3 Å². The first kappa shape index (κ1) is 17.0. The highest BCUT2D eigenvalue weighted by Crippen LogP contribution is 2.30. The number of aliphatic carboxylic acids is 1. The third-order valence-corrected chi connectivity index (χ3v) is 4.12. The lowest BCUT2D eigenvalue weighted by atomic mass is 9.82. The molecule has 0 aliphatic heterocycles. The molecule has 1 unspecified atom stereocenters. The predicted molar refractivity (Wildman–Crippen MR) is 77.3 cm³/mol. The summed E-state index contributed by atoms with van der Waals surface area (Å²) in [5.74, 6) is -0.561. The zero-order valence-corrected chi connectivity index (χ0v) is 12.9. The van der Waals surface area contributed by atoms with Gasteiger partial charge in [0.15, 0.2) is 0 Å². The van der Waals surface area contributed by atoms with Gasteiger partial charge in [0.1, 0.15) is 0 Å². The highest BCUT2D eigenvalue weighted by Gasteiger charge is 2.31. The Morgan fingerprint density at radius 2 is 1.60 bits per heavy atom. The van der Waals surface area contributed by atoms with Gasteiger partial charge < -0.3 is 9.84 Å². The average molecular weight is 284 g/mol. The fourth-order valence-electron chi connectivity index (χ4n) is 2.74. The van der Waals surface area contributed by atoms with E-state index in [-0.39, 0.29) is 23.9 Å². The van der Waals surface area contributed by atoms with E-state index < -0.39 is 5.97 Å². The maximum atomic E-state index is 12.0. The van der Waals surface area contributed by atoms with Gasteiger partial charge in [-0.15, -0.1) is 0 Å². The van der Waals surface area contributed by atoms with Crippen molar-refractivity contribution in [2.45, 2.75) is 71.8 Å². The van der Waals surface area contributed by atoms with E-state index in [2.05, 4.69) is 13.8 Å². The lowest BCUT2D eigenvalue weighted by Crippen LogP contribution is -2.29. The minimum absolute atomic E-state index is 0.0292. The fourth-order valence-corrected chi connectivity index (χ4v) is 2.74. The number of carboxylic acid groups (broad SMARTS) is 1. The van der Waals surface area contributed by atoms with Crippen LogP contribution in [0.15, 0.2) is 0 Å². The molecule has 0 aromatic heterocycles. The van der Waals surface area contributed by atoms with E-state index >= 15 is 0 Å². The molecule has 1 aliphatic rings. The Balaban J connectivity index is 2.24. The second-order valence-corrected chi connectivity index (χ2v) is 6.46. The van der Waals surface area contributed by atoms with Gasteiger partial charge in [-0.3, -0.25) is 9.59 Å². The smallest absolute Gasteiger partial charge is 0.309 e. The standard InChI is InChI=1S/C16H28O4/c1-11(2)5-4-6-12(3)20-16(19)14-9-7-13(8-10-14)15(17)18/h11-14H,4-10H2,1-3H3,(H,17,18). The van der Waals surface area contributed by atoms with Crippen molar-refractivity contribution in [1.29, 1.82) is 0 Å². The fraction of sp³-hybridized carbons (Fsp3) is 0.875. The van der Waals surface area contributed by atoms with Crippen molar-refractivity contribution in [3.63, 3.8) is 0 Å². The molecule has 0 aromatic carbocycles. The van der Waals surface area contributed by atoms with Crippen LogP contribution in [-0.4, -0.2) is 23.1 Å². The molecule has 1 aliphatic carbocycles. The van der Waals surface area contributed by atoms with Crippen molar-refractivity contribution in [1.82, 2.24) is 0 Å². The van der Waals surface area contributed by atoms with E-state index in [0.717, 1.165) is 19.3 Å². The number of carboxylic acids is 1. The maximum Gasteiger partial charge on any atom is 0.309 e. The van der Waals surface area contributed by atoms with Crippen molar-refractivity contribution >= 4 is 11.9 Å². The molecule has 0 spiro atoms. The van der Waals surface area contributed by atoms with Crippen molar-refractivity contribution in [2.75, 3.05) is 0 Å². The van der Waals surface area contributed by atoms with Crippen molar-refractivity contribution in [2.24, 2.45) is 17.8 Å². The van der Waals surface area contributed by atoms with E-state index in [1.807, 2.05) is 6.92 Å². The molecule has 4 heteroatoms. The lowest BCUT2D eigenvalue weighted by Gasteiger charge is -2.26. The Bertz CT molecular complexity index is 316. The summed E-state index contributed by atoms with van der Waals surface area (Å²) < 4.78 is 5.48. The van der Waals surface area contributed by atoms with Crippen LogP contribution in [0.4, 0.5) is 0 Å². The summed E-state index contributed by atoms with van der Waals surface area (Å²) in [5, 5.41) is 8.93. The van der Waals surface area contributed by atoms with Gasteiger partial charge in [-0.2, -0.15) is 0 Å². The molecule has 1 saturated carbocycles. The normalized spacial score (nSPS) is 24.4. The summed E-state index contributed by atoms with van der Waals surface area (Å²) in [6.07, 6.45) is 5.60. The van der Waals surface area contributed by atoms with Gasteiger partial charge in [0.05, 0.1) is 17.9 Å². The maximum absolute atomic E-state index is 12.0. The molecular formula is C16H28O4. The van der Waals surface area contributed by atoms with Gasteiger partial charge in [0.2, 0.25) is 0 Å². The number of carbonyl (C=O) groups excluding carboxylic acids is 1. The van der Waals surface area contributed by atoms with Crippen molar-refractivity contribution < 1.29 is 19.4 Å². The molecule has 116 valence electrons. The van der Waals surface area contributed by atoms with Crippen LogP contribution in [0, 0.1) is 17.8 Å². The van der Waals surface area contributed by atoms with Crippen LogP contribution in [0.25, 0.3) is 0 Å². The Hall–Kier alpha value is -1.06. The first-order valence-electron chi connectivity index (χ1n) is 7.83. The molecule has 1 fully saturated rings. The Kier molecular flexibility index (Phi) is 7.03. The number of rotatable bonds is 7. The molecule has 0 radical (unpaired) electrons. The molecule has 1 N–H and O–H groups in total. The van der Waals surface area contributed by atoms with Gasteiger partial charge in [-0.05, 0) is 51.4 Å². The molecule has 0 amide bonds. The number of hydrogen-bond donors (Lipinski definition) is 1. The molecule has 0 saturated heterocycles. The van der Waals surface area contributed by atoms with Gasteiger partial charge in [0.25, 0.3) is 0 Å². The average Bonchev–Trinajstić information content (AvgIpc) is 2.38. The van der Waals surface area contributed by atoms with E-state index in [9.17, 15) is 9.59 Å². The molecular weight excluding hydrogens is 256 g/mol. The topological polar surface area (TPSA) is 63.6 Å². The van der Waals surface area contributed by atoms with Crippen LogP contribution >= 0.6 is 0 Å². The molecule has 0 heterocycles. The molecule has 20 heavy (non-hydrogen) atoms. The van der Waals surface area contributed by atoms with Crippen LogP contribution in [0.3, 0.4) is 0 Å². The molecule has 0 bridgehead atoms. The highest BCUT2D eigenvalue weighted by atomic mass is 16.5. The number of esters is 1. The van der Waals surface area contributed by atoms with Crippen molar-refractivity contribution in [3.8, 4) is 0 Å². The minimum atomic E-state index is -0.737. The molecule has 4 nitrogen and oxygen atoms in total. The summed E-state index contributed by atoms with van der Waals surface area (Å²) in [7, 11) is 0. The molecule has 0 aromatic rings. The lowest BCUT2D eigenvalue weighted by molar-refractivity contribution is -0.156. The Morgan fingerprint density at radius 3 is 2.10 bits per heavy atom. The van der Waals surface area contributed by atoms with E-state index in [4.69, 9.17) is 9.84 Å². The SMILES string of the molecule is CC(C)CCCC(C)OC(=O)C1CCC(C(=O)O)CC1. The summed E-state index contributed by atoms with van der Waals surface area (Å²) in [5.41, 5.74) is 0. The van der Waals surface area contributed by atoms with Crippen LogP contribution in [0.2, 0.25) is 0 Å². The number of carbonyl (C=O) groups is 2. The van der Waals surface area contributed by atoms with E-state index in [0.29, 0.717) is 31.6 Å². The summed E-state index contributed by atoms with van der Waals surface area (Å²) in [4.78, 5) is 22.9. The summed E-state index contributed by atoms with van der Waals surface area (Å²) in [6, 6.07) is 0. The molecule has 1 rings (SSSR count). The number of ether oxygens (including phenoxy) is 1. The van der Waals surface area contributed by atoms with E-state index in [1.165, 1.54) is 0 Å². The first-order valence-corrected chi connectivity index (χ1v) is 7.83. The summed E-state index contributed by atoms with van der Waals surface area (Å²) in [6.45, 7) is 6.33. The second kappa shape index (κ2) is 8.28. The van der Waals surface area contributed by atoms with Gasteiger partial charge in [0, 0.05) is 0 Å². The first-order chi connectivity index (χ1) is 9.40. The second-order valence-electron chi connectivity index (χ2n) is 6.46. The Morgan fingerprint density at radius 1 is 1.05 bits per heavy atom. The third-order valence-electron chi connectivity index (χ3n) is 4.12. The monoisotopic (exact) mass is 284 g/mol. The predicted octanol–water partition coefficient (Wildman–Crippen LogP) is 3.64. The highest BCUT2D eigenvalue weighted by molar-refractivity contribution is 5.74.